The van der Waals surface area contributed by atoms with E-state index in [1.165, 1.54) is 11.1 Å². The Morgan fingerprint density at radius 2 is 1.83 bits per heavy atom. The standard InChI is InChI=1S/C14H20N4/c1-4-11-5-7-12(8-6-11)9-16-14-13(15)10(2)17-18(14)3/h5-8,16H,4,9,15H2,1-3H3. The second-order valence-electron chi connectivity index (χ2n) is 4.49. The molecule has 0 aliphatic carbocycles. The summed E-state index contributed by atoms with van der Waals surface area (Å²) in [6.45, 7) is 4.83. The number of nitrogens with zero attached hydrogens (tertiary/aromatic N) is 2. The van der Waals surface area contributed by atoms with Gasteiger partial charge in [-0.3, -0.25) is 4.68 Å². The van der Waals surface area contributed by atoms with Crippen LogP contribution in [0, 0.1) is 6.92 Å². The lowest BCUT2D eigenvalue weighted by atomic mass is 10.1. The molecule has 1 aromatic heterocycles. The molecule has 96 valence electrons. The summed E-state index contributed by atoms with van der Waals surface area (Å²) < 4.78 is 1.78. The van der Waals surface area contributed by atoms with Gasteiger partial charge in [0.25, 0.3) is 0 Å². The predicted molar refractivity (Wildman–Crippen MR) is 75.5 cm³/mol. The van der Waals surface area contributed by atoms with Crippen molar-refractivity contribution in [2.75, 3.05) is 11.1 Å². The highest BCUT2D eigenvalue weighted by molar-refractivity contribution is 5.64. The molecule has 1 heterocycles. The maximum Gasteiger partial charge on any atom is 0.148 e. The van der Waals surface area contributed by atoms with Gasteiger partial charge >= 0.3 is 0 Å². The molecule has 18 heavy (non-hydrogen) atoms. The molecule has 0 saturated carbocycles. The summed E-state index contributed by atoms with van der Waals surface area (Å²) in [7, 11) is 1.89. The first-order chi connectivity index (χ1) is 8.61. The molecule has 0 fully saturated rings. The van der Waals surface area contributed by atoms with Crippen LogP contribution >= 0.6 is 0 Å². The third kappa shape index (κ3) is 2.47. The Morgan fingerprint density at radius 1 is 1.22 bits per heavy atom. The molecule has 4 nitrogen and oxygen atoms in total. The minimum absolute atomic E-state index is 0.725. The minimum Gasteiger partial charge on any atom is -0.394 e. The highest BCUT2D eigenvalue weighted by Gasteiger charge is 2.08. The van der Waals surface area contributed by atoms with Crippen molar-refractivity contribution in [2.45, 2.75) is 26.8 Å². The molecule has 2 aromatic rings. The molecule has 0 atom stereocenters. The number of nitrogens with two attached hydrogens (primary N) is 1. The molecule has 2 rings (SSSR count). The van der Waals surface area contributed by atoms with Gasteiger partial charge in [0.15, 0.2) is 0 Å². The van der Waals surface area contributed by atoms with Gasteiger partial charge < -0.3 is 11.1 Å². The summed E-state index contributed by atoms with van der Waals surface area (Å²) >= 11 is 0. The van der Waals surface area contributed by atoms with Gasteiger partial charge in [0.05, 0.1) is 11.4 Å². The molecule has 0 amide bonds. The first-order valence-corrected chi connectivity index (χ1v) is 6.22. The first-order valence-electron chi connectivity index (χ1n) is 6.22. The third-order valence-corrected chi connectivity index (χ3v) is 3.16. The van der Waals surface area contributed by atoms with Crippen LogP contribution in [0.3, 0.4) is 0 Å². The highest BCUT2D eigenvalue weighted by atomic mass is 15.3. The van der Waals surface area contributed by atoms with Crippen LogP contribution in [-0.2, 0) is 20.0 Å². The monoisotopic (exact) mass is 244 g/mol. The maximum atomic E-state index is 5.97. The molecular weight excluding hydrogens is 224 g/mol. The second-order valence-corrected chi connectivity index (χ2v) is 4.49. The van der Waals surface area contributed by atoms with Crippen LogP contribution in [0.5, 0.6) is 0 Å². The van der Waals surface area contributed by atoms with Gasteiger partial charge in [-0.25, -0.2) is 0 Å². The first kappa shape index (κ1) is 12.5. The van der Waals surface area contributed by atoms with E-state index >= 15 is 0 Å². The summed E-state index contributed by atoms with van der Waals surface area (Å²) in [5.41, 5.74) is 10.2. The highest BCUT2D eigenvalue weighted by Crippen LogP contribution is 2.21. The lowest BCUT2D eigenvalue weighted by Crippen LogP contribution is -2.06. The molecule has 0 radical (unpaired) electrons. The van der Waals surface area contributed by atoms with E-state index in [9.17, 15) is 0 Å². The number of benzene rings is 1. The Hall–Kier alpha value is -1.97. The molecule has 0 bridgehead atoms. The van der Waals surface area contributed by atoms with Crippen molar-refractivity contribution in [3.63, 3.8) is 0 Å². The number of nitrogens with one attached hydrogen (secondary N) is 1. The largest absolute Gasteiger partial charge is 0.394 e. The molecule has 3 N–H and O–H groups in total. The maximum absolute atomic E-state index is 5.97. The van der Waals surface area contributed by atoms with Gasteiger partial charge in [-0.05, 0) is 24.5 Å². The van der Waals surface area contributed by atoms with E-state index in [1.54, 1.807) is 4.68 Å². The molecule has 0 aliphatic rings. The Bertz CT molecular complexity index is 525. The van der Waals surface area contributed by atoms with Gasteiger partial charge in [0, 0.05) is 13.6 Å². The normalized spacial score (nSPS) is 10.6. The van der Waals surface area contributed by atoms with Crippen LogP contribution in [0.1, 0.15) is 23.7 Å². The van der Waals surface area contributed by atoms with Gasteiger partial charge in [0.2, 0.25) is 0 Å². The van der Waals surface area contributed by atoms with Crippen molar-refractivity contribution in [2.24, 2.45) is 7.05 Å². The smallest absolute Gasteiger partial charge is 0.148 e. The number of rotatable bonds is 4. The van der Waals surface area contributed by atoms with Crippen LogP contribution in [0.4, 0.5) is 11.5 Å². The number of nitrogen functional groups attached to an aromatic ring is 1. The summed E-state index contributed by atoms with van der Waals surface area (Å²) in [4.78, 5) is 0. The SMILES string of the molecule is CCc1ccc(CNc2c(N)c(C)nn2C)cc1. The summed E-state index contributed by atoms with van der Waals surface area (Å²) in [5, 5.41) is 7.61. The number of hydrogen-bond acceptors (Lipinski definition) is 3. The molecular formula is C14H20N4. The predicted octanol–water partition coefficient (Wildman–Crippen LogP) is 2.49. The van der Waals surface area contributed by atoms with E-state index in [0.29, 0.717) is 0 Å². The van der Waals surface area contributed by atoms with Gasteiger partial charge in [0.1, 0.15) is 5.82 Å². The minimum atomic E-state index is 0.725. The number of aromatic nitrogens is 2. The van der Waals surface area contributed by atoms with Crippen LogP contribution in [-0.4, -0.2) is 9.78 Å². The summed E-state index contributed by atoms with van der Waals surface area (Å²) in [5.74, 6) is 0.882. The fourth-order valence-corrected chi connectivity index (χ4v) is 1.96. The van der Waals surface area contributed by atoms with E-state index in [1.807, 2.05) is 14.0 Å². The zero-order valence-electron chi connectivity index (χ0n) is 11.2. The molecule has 1 aromatic carbocycles. The van der Waals surface area contributed by atoms with Crippen LogP contribution in [0.2, 0.25) is 0 Å². The van der Waals surface area contributed by atoms with E-state index in [-0.39, 0.29) is 0 Å². The van der Waals surface area contributed by atoms with Gasteiger partial charge in [-0.1, -0.05) is 31.2 Å². The molecule has 0 unspecified atom stereocenters. The van der Waals surface area contributed by atoms with Crippen molar-refractivity contribution in [1.29, 1.82) is 0 Å². The summed E-state index contributed by atoms with van der Waals surface area (Å²) in [6.07, 6.45) is 1.07. The van der Waals surface area contributed by atoms with Crippen LogP contribution in [0.25, 0.3) is 0 Å². The third-order valence-electron chi connectivity index (χ3n) is 3.16. The Balaban J connectivity index is 2.06. The van der Waals surface area contributed by atoms with Crippen molar-refractivity contribution in [3.05, 3.63) is 41.1 Å². The Morgan fingerprint density at radius 3 is 2.33 bits per heavy atom. The van der Waals surface area contributed by atoms with Crippen molar-refractivity contribution < 1.29 is 0 Å². The lowest BCUT2D eigenvalue weighted by molar-refractivity contribution is 0.758. The van der Waals surface area contributed by atoms with E-state index in [0.717, 1.165) is 30.2 Å². The average molecular weight is 244 g/mol. The fraction of sp³-hybridized carbons (Fsp3) is 0.357. The van der Waals surface area contributed by atoms with E-state index < -0.39 is 0 Å². The number of anilines is 2. The zero-order valence-corrected chi connectivity index (χ0v) is 11.2. The van der Waals surface area contributed by atoms with E-state index in [4.69, 9.17) is 5.73 Å². The van der Waals surface area contributed by atoms with Gasteiger partial charge in [-0.2, -0.15) is 5.10 Å². The van der Waals surface area contributed by atoms with Crippen molar-refractivity contribution in [3.8, 4) is 0 Å². The fourth-order valence-electron chi connectivity index (χ4n) is 1.96. The topological polar surface area (TPSA) is 55.9 Å². The van der Waals surface area contributed by atoms with Gasteiger partial charge in [-0.15, -0.1) is 0 Å². The quantitative estimate of drug-likeness (QED) is 0.868. The number of aryl methyl sites for hydroxylation is 3. The Kier molecular flexibility index (Phi) is 3.55. The molecule has 4 heteroatoms. The molecule has 0 aliphatic heterocycles. The second kappa shape index (κ2) is 5.12. The van der Waals surface area contributed by atoms with E-state index in [2.05, 4.69) is 41.6 Å². The lowest BCUT2D eigenvalue weighted by Gasteiger charge is -2.08. The van der Waals surface area contributed by atoms with Crippen molar-refractivity contribution in [1.82, 2.24) is 9.78 Å². The average Bonchev–Trinajstić information content (AvgIpc) is 2.62. The summed E-state index contributed by atoms with van der Waals surface area (Å²) in [6, 6.07) is 8.61. The number of hydrogen-bond donors (Lipinski definition) is 2. The molecule has 0 saturated heterocycles. The molecule has 0 spiro atoms. The van der Waals surface area contributed by atoms with Crippen LogP contribution in [0.15, 0.2) is 24.3 Å². The Labute approximate surface area is 108 Å². The van der Waals surface area contributed by atoms with Crippen LogP contribution < -0.4 is 11.1 Å². The van der Waals surface area contributed by atoms with Crippen molar-refractivity contribution >= 4 is 11.5 Å². The zero-order chi connectivity index (χ0) is 13.1.